The Balaban J connectivity index is 2.45. The molecule has 2 unspecified atom stereocenters. The molecule has 1 saturated heterocycles. The highest BCUT2D eigenvalue weighted by atomic mass is 35.5. The van der Waals surface area contributed by atoms with Gasteiger partial charge in [0.2, 0.25) is 0 Å². The molecule has 0 spiro atoms. The fourth-order valence-electron chi connectivity index (χ4n) is 2.40. The van der Waals surface area contributed by atoms with Crippen LogP contribution in [0.15, 0.2) is 0 Å². The zero-order valence-corrected chi connectivity index (χ0v) is 10.8. The average Bonchev–Trinajstić information content (AvgIpc) is 2.50. The minimum absolute atomic E-state index is 0.584. The van der Waals surface area contributed by atoms with Gasteiger partial charge in [-0.15, -0.1) is 11.6 Å². The van der Waals surface area contributed by atoms with Gasteiger partial charge in [-0.05, 0) is 32.7 Å². The third kappa shape index (κ3) is 4.29. The van der Waals surface area contributed by atoms with Crippen molar-refractivity contribution in [2.45, 2.75) is 51.1 Å². The highest BCUT2D eigenvalue weighted by Crippen LogP contribution is 2.21. The number of ether oxygens (including phenoxy) is 1. The zero-order chi connectivity index (χ0) is 11.1. The van der Waals surface area contributed by atoms with Crippen LogP contribution < -0.4 is 0 Å². The highest BCUT2D eigenvalue weighted by molar-refractivity contribution is 6.18. The largest absolute Gasteiger partial charge is 0.385 e. The topological polar surface area (TPSA) is 12.5 Å². The molecule has 0 N–H and O–H groups in total. The predicted octanol–water partition coefficient (Wildman–Crippen LogP) is 2.89. The molecular weight excluding hydrogens is 210 g/mol. The van der Waals surface area contributed by atoms with E-state index < -0.39 is 0 Å². The third-order valence-corrected chi connectivity index (χ3v) is 3.76. The molecule has 2 atom stereocenters. The van der Waals surface area contributed by atoms with Gasteiger partial charge in [0.05, 0.1) is 0 Å². The molecule has 0 aliphatic carbocycles. The van der Waals surface area contributed by atoms with Crippen molar-refractivity contribution in [1.82, 2.24) is 4.90 Å². The van der Waals surface area contributed by atoms with Crippen molar-refractivity contribution >= 4 is 11.6 Å². The van der Waals surface area contributed by atoms with Crippen LogP contribution in [0.25, 0.3) is 0 Å². The molecular formula is C12H24ClNO. The molecule has 1 heterocycles. The molecule has 0 aromatic heterocycles. The summed E-state index contributed by atoms with van der Waals surface area (Å²) in [5.74, 6) is 0.775. The van der Waals surface area contributed by atoms with E-state index in [2.05, 4.69) is 11.8 Å². The normalized spacial score (nSPS) is 26.2. The average molecular weight is 234 g/mol. The summed E-state index contributed by atoms with van der Waals surface area (Å²) in [7, 11) is 1.77. The van der Waals surface area contributed by atoms with Crippen molar-refractivity contribution in [3.05, 3.63) is 0 Å². The van der Waals surface area contributed by atoms with Crippen molar-refractivity contribution in [3.8, 4) is 0 Å². The Morgan fingerprint density at radius 1 is 1.40 bits per heavy atom. The summed E-state index contributed by atoms with van der Waals surface area (Å²) in [4.78, 5) is 2.58. The fourth-order valence-corrected chi connectivity index (χ4v) is 2.73. The summed E-state index contributed by atoms with van der Waals surface area (Å²) < 4.78 is 5.14. The SMILES string of the molecule is COCCC(C)N1CCCCCC1CCl. The second-order valence-electron chi connectivity index (χ2n) is 4.53. The Hall–Kier alpha value is 0.210. The minimum atomic E-state index is 0.584. The first-order chi connectivity index (χ1) is 7.29. The molecule has 1 rings (SSSR count). The van der Waals surface area contributed by atoms with Crippen molar-refractivity contribution in [3.63, 3.8) is 0 Å². The Kier molecular flexibility index (Phi) is 6.62. The lowest BCUT2D eigenvalue weighted by molar-refractivity contribution is 0.114. The van der Waals surface area contributed by atoms with Gasteiger partial charge in [-0.2, -0.15) is 0 Å². The maximum absolute atomic E-state index is 6.05. The Bertz CT molecular complexity index is 166. The molecule has 0 bridgehead atoms. The number of likely N-dealkylation sites (tertiary alicyclic amines) is 1. The van der Waals surface area contributed by atoms with Crippen LogP contribution in [0.1, 0.15) is 39.0 Å². The molecule has 90 valence electrons. The first-order valence-electron chi connectivity index (χ1n) is 6.10. The molecule has 1 aliphatic rings. The van der Waals surface area contributed by atoms with E-state index in [0.29, 0.717) is 12.1 Å². The monoisotopic (exact) mass is 233 g/mol. The molecule has 3 heteroatoms. The van der Waals surface area contributed by atoms with E-state index in [1.165, 1.54) is 32.2 Å². The van der Waals surface area contributed by atoms with Crippen LogP contribution in [0.5, 0.6) is 0 Å². The van der Waals surface area contributed by atoms with E-state index in [4.69, 9.17) is 16.3 Å². The van der Waals surface area contributed by atoms with Crippen LogP contribution in [0.2, 0.25) is 0 Å². The highest BCUT2D eigenvalue weighted by Gasteiger charge is 2.24. The number of nitrogens with zero attached hydrogens (tertiary/aromatic N) is 1. The summed E-state index contributed by atoms with van der Waals surface area (Å²) in [6.45, 7) is 4.36. The summed E-state index contributed by atoms with van der Waals surface area (Å²) in [6, 6.07) is 1.19. The lowest BCUT2D eigenvalue weighted by Gasteiger charge is -2.34. The Labute approximate surface area is 98.9 Å². The van der Waals surface area contributed by atoms with Gasteiger partial charge in [-0.25, -0.2) is 0 Å². The van der Waals surface area contributed by atoms with Crippen LogP contribution in [0.4, 0.5) is 0 Å². The van der Waals surface area contributed by atoms with Crippen LogP contribution >= 0.6 is 11.6 Å². The molecule has 0 aromatic carbocycles. The van der Waals surface area contributed by atoms with Gasteiger partial charge in [0.25, 0.3) is 0 Å². The van der Waals surface area contributed by atoms with E-state index in [-0.39, 0.29) is 0 Å². The van der Waals surface area contributed by atoms with Gasteiger partial charge < -0.3 is 4.74 Å². The van der Waals surface area contributed by atoms with Crippen molar-refractivity contribution in [1.29, 1.82) is 0 Å². The molecule has 1 aliphatic heterocycles. The Morgan fingerprint density at radius 3 is 2.87 bits per heavy atom. The van der Waals surface area contributed by atoms with E-state index in [0.717, 1.165) is 18.9 Å². The van der Waals surface area contributed by atoms with Crippen LogP contribution in [-0.2, 0) is 4.74 Å². The van der Waals surface area contributed by atoms with E-state index in [1.807, 2.05) is 0 Å². The third-order valence-electron chi connectivity index (χ3n) is 3.41. The lowest BCUT2D eigenvalue weighted by atomic mass is 10.1. The summed E-state index contributed by atoms with van der Waals surface area (Å²) in [5, 5.41) is 0. The van der Waals surface area contributed by atoms with Crippen LogP contribution in [0, 0.1) is 0 Å². The number of hydrogen-bond donors (Lipinski definition) is 0. The van der Waals surface area contributed by atoms with E-state index >= 15 is 0 Å². The van der Waals surface area contributed by atoms with E-state index in [1.54, 1.807) is 7.11 Å². The second-order valence-corrected chi connectivity index (χ2v) is 4.83. The lowest BCUT2D eigenvalue weighted by Crippen LogP contribution is -2.43. The van der Waals surface area contributed by atoms with E-state index in [9.17, 15) is 0 Å². The molecule has 2 nitrogen and oxygen atoms in total. The Morgan fingerprint density at radius 2 is 2.20 bits per heavy atom. The zero-order valence-electron chi connectivity index (χ0n) is 10.0. The standard InChI is InChI=1S/C12H24ClNO/c1-11(7-9-15-2)14-8-5-3-4-6-12(14)10-13/h11-12H,3-10H2,1-2H3. The molecule has 0 saturated carbocycles. The molecule has 1 fully saturated rings. The summed E-state index contributed by atoms with van der Waals surface area (Å²) in [6.07, 6.45) is 6.40. The summed E-state index contributed by atoms with van der Waals surface area (Å²) >= 11 is 6.05. The molecule has 0 amide bonds. The summed E-state index contributed by atoms with van der Waals surface area (Å²) in [5.41, 5.74) is 0. The van der Waals surface area contributed by atoms with Crippen molar-refractivity contribution < 1.29 is 4.74 Å². The van der Waals surface area contributed by atoms with Crippen LogP contribution in [0.3, 0.4) is 0 Å². The number of methoxy groups -OCH3 is 1. The quantitative estimate of drug-likeness (QED) is 0.678. The van der Waals surface area contributed by atoms with Gasteiger partial charge in [0.1, 0.15) is 0 Å². The maximum atomic E-state index is 6.05. The van der Waals surface area contributed by atoms with Gasteiger partial charge in [0, 0.05) is 31.7 Å². The van der Waals surface area contributed by atoms with Gasteiger partial charge in [0.15, 0.2) is 0 Å². The van der Waals surface area contributed by atoms with Gasteiger partial charge >= 0.3 is 0 Å². The number of hydrogen-bond acceptors (Lipinski definition) is 2. The molecule has 15 heavy (non-hydrogen) atoms. The van der Waals surface area contributed by atoms with Crippen molar-refractivity contribution in [2.75, 3.05) is 26.1 Å². The fraction of sp³-hybridized carbons (Fsp3) is 1.00. The van der Waals surface area contributed by atoms with Gasteiger partial charge in [-0.3, -0.25) is 4.90 Å². The number of alkyl halides is 1. The molecule has 0 aromatic rings. The first-order valence-corrected chi connectivity index (χ1v) is 6.63. The minimum Gasteiger partial charge on any atom is -0.385 e. The number of halogens is 1. The first kappa shape index (κ1) is 13.3. The smallest absolute Gasteiger partial charge is 0.0477 e. The molecule has 0 radical (unpaired) electrons. The predicted molar refractivity (Wildman–Crippen MR) is 65.6 cm³/mol. The van der Waals surface area contributed by atoms with Crippen LogP contribution in [-0.4, -0.2) is 43.1 Å². The number of rotatable bonds is 5. The second kappa shape index (κ2) is 7.48. The maximum Gasteiger partial charge on any atom is 0.0477 e. The van der Waals surface area contributed by atoms with Gasteiger partial charge in [-0.1, -0.05) is 12.8 Å². The van der Waals surface area contributed by atoms with Crippen molar-refractivity contribution in [2.24, 2.45) is 0 Å².